The molecule has 0 heterocycles. The predicted octanol–water partition coefficient (Wildman–Crippen LogP) is 3.75. The molecule has 82 valence electrons. The third kappa shape index (κ3) is 1.85. The van der Waals surface area contributed by atoms with Gasteiger partial charge in [-0.1, -0.05) is 55.2 Å². The van der Waals surface area contributed by atoms with Crippen molar-refractivity contribution in [3.63, 3.8) is 0 Å². The summed E-state index contributed by atoms with van der Waals surface area (Å²) < 4.78 is 0. The molecule has 0 fully saturated rings. The molecule has 0 aromatic heterocycles. The van der Waals surface area contributed by atoms with Crippen LogP contribution in [0, 0.1) is 11.8 Å². The van der Waals surface area contributed by atoms with E-state index in [4.69, 9.17) is 0 Å². The fourth-order valence-electron chi connectivity index (χ4n) is 2.44. The summed E-state index contributed by atoms with van der Waals surface area (Å²) in [6, 6.07) is 16.9. The fourth-order valence-corrected chi connectivity index (χ4v) is 2.44. The van der Waals surface area contributed by atoms with Crippen molar-refractivity contribution in [2.45, 2.75) is 19.3 Å². The zero-order valence-corrected chi connectivity index (χ0v) is 9.90. The molecule has 0 nitrogen and oxygen atoms in total. The highest BCUT2D eigenvalue weighted by Crippen LogP contribution is 2.26. The van der Waals surface area contributed by atoms with Crippen LogP contribution in [-0.2, 0) is 6.42 Å². The molecule has 1 aliphatic rings. The van der Waals surface area contributed by atoms with Crippen molar-refractivity contribution in [1.29, 1.82) is 0 Å². The molecule has 0 amide bonds. The van der Waals surface area contributed by atoms with E-state index in [9.17, 15) is 0 Å². The van der Waals surface area contributed by atoms with Gasteiger partial charge in [-0.15, -0.1) is 0 Å². The molecule has 1 atom stereocenters. The third-order valence-corrected chi connectivity index (χ3v) is 3.37. The maximum atomic E-state index is 3.30. The Kier molecular flexibility index (Phi) is 2.46. The standard InChI is InChI=1S/C17H14/c1-13-12-16-8-3-2-6-14(16)10-11-15-7-4-5-9-17(13)15/h2-9,13H,12H2,1H3/t13-/m1/s1. The average Bonchev–Trinajstić information content (AvgIpc) is 2.36. The predicted molar refractivity (Wildman–Crippen MR) is 71.0 cm³/mol. The lowest BCUT2D eigenvalue weighted by molar-refractivity contribution is 0.754. The monoisotopic (exact) mass is 218 g/mol. The van der Waals surface area contributed by atoms with Gasteiger partial charge in [0, 0.05) is 11.1 Å². The average molecular weight is 218 g/mol. The lowest BCUT2D eigenvalue weighted by Crippen LogP contribution is -2.04. The minimum absolute atomic E-state index is 0.530. The van der Waals surface area contributed by atoms with Crippen LogP contribution in [0.4, 0.5) is 0 Å². The summed E-state index contributed by atoms with van der Waals surface area (Å²) in [5, 5.41) is 0. The molecular weight excluding hydrogens is 204 g/mol. The van der Waals surface area contributed by atoms with E-state index in [-0.39, 0.29) is 0 Å². The van der Waals surface area contributed by atoms with Crippen LogP contribution in [0.2, 0.25) is 0 Å². The molecule has 0 radical (unpaired) electrons. The lowest BCUT2D eigenvalue weighted by Gasteiger charge is -2.17. The van der Waals surface area contributed by atoms with Gasteiger partial charge in [0.05, 0.1) is 0 Å². The van der Waals surface area contributed by atoms with Crippen LogP contribution in [0.25, 0.3) is 0 Å². The van der Waals surface area contributed by atoms with Crippen LogP contribution in [-0.4, -0.2) is 0 Å². The molecule has 0 spiro atoms. The van der Waals surface area contributed by atoms with Crippen LogP contribution in [0.15, 0.2) is 48.5 Å². The summed E-state index contributed by atoms with van der Waals surface area (Å²) in [4.78, 5) is 0. The van der Waals surface area contributed by atoms with Gasteiger partial charge >= 0.3 is 0 Å². The van der Waals surface area contributed by atoms with E-state index in [0.717, 1.165) is 6.42 Å². The summed E-state index contributed by atoms with van der Waals surface area (Å²) in [5.41, 5.74) is 5.08. The Labute approximate surface area is 102 Å². The SMILES string of the molecule is C[C@@H]1Cc2ccccc2C#Cc2ccccc21. The van der Waals surface area contributed by atoms with Gasteiger partial charge in [0.15, 0.2) is 0 Å². The number of benzene rings is 2. The fraction of sp³-hybridized carbons (Fsp3) is 0.176. The normalized spacial score (nSPS) is 16.9. The molecule has 17 heavy (non-hydrogen) atoms. The molecule has 3 rings (SSSR count). The van der Waals surface area contributed by atoms with Crippen molar-refractivity contribution < 1.29 is 0 Å². The quantitative estimate of drug-likeness (QED) is 0.591. The zero-order valence-electron chi connectivity index (χ0n) is 9.90. The largest absolute Gasteiger partial charge is 0.0619 e. The molecule has 0 bridgehead atoms. The van der Waals surface area contributed by atoms with E-state index < -0.39 is 0 Å². The van der Waals surface area contributed by atoms with Gasteiger partial charge in [0.1, 0.15) is 0 Å². The summed E-state index contributed by atoms with van der Waals surface area (Å²) >= 11 is 0. The maximum absolute atomic E-state index is 3.30. The Balaban J connectivity index is 2.20. The Morgan fingerprint density at radius 3 is 2.41 bits per heavy atom. The summed E-state index contributed by atoms with van der Waals surface area (Å²) in [7, 11) is 0. The van der Waals surface area contributed by atoms with Crippen LogP contribution in [0.5, 0.6) is 0 Å². The van der Waals surface area contributed by atoms with Gasteiger partial charge in [-0.05, 0) is 35.6 Å². The second-order valence-corrected chi connectivity index (χ2v) is 4.60. The molecule has 0 heteroatoms. The van der Waals surface area contributed by atoms with Crippen LogP contribution in [0.1, 0.15) is 35.1 Å². The molecule has 0 saturated heterocycles. The first-order valence-corrected chi connectivity index (χ1v) is 6.03. The minimum Gasteiger partial charge on any atom is -0.0619 e. The first-order chi connectivity index (χ1) is 8.34. The van der Waals surface area contributed by atoms with Crippen LogP contribution < -0.4 is 0 Å². The van der Waals surface area contributed by atoms with E-state index in [1.165, 1.54) is 22.3 Å². The van der Waals surface area contributed by atoms with E-state index in [1.807, 2.05) is 0 Å². The lowest BCUT2D eigenvalue weighted by atomic mass is 9.87. The van der Waals surface area contributed by atoms with Gasteiger partial charge < -0.3 is 0 Å². The second kappa shape index (κ2) is 4.11. The number of hydrogen-bond donors (Lipinski definition) is 0. The van der Waals surface area contributed by atoms with Crippen molar-refractivity contribution in [1.82, 2.24) is 0 Å². The van der Waals surface area contributed by atoms with Gasteiger partial charge in [0.2, 0.25) is 0 Å². The first-order valence-electron chi connectivity index (χ1n) is 6.03. The highest BCUT2D eigenvalue weighted by Gasteiger charge is 2.13. The second-order valence-electron chi connectivity index (χ2n) is 4.60. The van der Waals surface area contributed by atoms with Gasteiger partial charge in [0.25, 0.3) is 0 Å². The van der Waals surface area contributed by atoms with Crippen LogP contribution in [0.3, 0.4) is 0 Å². The highest BCUT2D eigenvalue weighted by molar-refractivity contribution is 5.52. The van der Waals surface area contributed by atoms with Gasteiger partial charge in [-0.2, -0.15) is 0 Å². The zero-order chi connectivity index (χ0) is 11.7. The number of rotatable bonds is 0. The summed E-state index contributed by atoms with van der Waals surface area (Å²) in [6.07, 6.45) is 1.07. The Hall–Kier alpha value is -2.00. The van der Waals surface area contributed by atoms with Crippen molar-refractivity contribution in [2.75, 3.05) is 0 Å². The van der Waals surface area contributed by atoms with E-state index >= 15 is 0 Å². The first kappa shape index (κ1) is 10.2. The molecule has 0 unspecified atom stereocenters. The van der Waals surface area contributed by atoms with Crippen molar-refractivity contribution in [3.05, 3.63) is 70.8 Å². The molecule has 1 aliphatic carbocycles. The highest BCUT2D eigenvalue weighted by atomic mass is 14.2. The summed E-state index contributed by atoms with van der Waals surface area (Å²) in [5.74, 6) is 7.12. The Bertz CT molecular complexity index is 611. The van der Waals surface area contributed by atoms with Gasteiger partial charge in [-0.3, -0.25) is 0 Å². The molecule has 0 saturated carbocycles. The van der Waals surface area contributed by atoms with E-state index in [2.05, 4.69) is 67.3 Å². The maximum Gasteiger partial charge on any atom is 0.0283 e. The number of hydrogen-bond acceptors (Lipinski definition) is 0. The molecule has 2 aromatic rings. The van der Waals surface area contributed by atoms with Gasteiger partial charge in [-0.25, -0.2) is 0 Å². The smallest absolute Gasteiger partial charge is 0.0283 e. The summed E-state index contributed by atoms with van der Waals surface area (Å²) in [6.45, 7) is 2.28. The number of fused-ring (bicyclic) bond motifs is 2. The topological polar surface area (TPSA) is 0 Å². The van der Waals surface area contributed by atoms with E-state index in [1.54, 1.807) is 0 Å². The Morgan fingerprint density at radius 2 is 1.53 bits per heavy atom. The van der Waals surface area contributed by atoms with Crippen LogP contribution >= 0.6 is 0 Å². The molecule has 0 N–H and O–H groups in total. The Morgan fingerprint density at radius 1 is 0.882 bits per heavy atom. The molecule has 2 aromatic carbocycles. The van der Waals surface area contributed by atoms with E-state index in [0.29, 0.717) is 5.92 Å². The molecule has 0 aliphatic heterocycles. The van der Waals surface area contributed by atoms with Crippen molar-refractivity contribution in [2.24, 2.45) is 0 Å². The third-order valence-electron chi connectivity index (χ3n) is 3.37. The molecular formula is C17H14. The minimum atomic E-state index is 0.530. The van der Waals surface area contributed by atoms with Crippen molar-refractivity contribution in [3.8, 4) is 11.8 Å². The van der Waals surface area contributed by atoms with Crippen molar-refractivity contribution >= 4 is 0 Å².